The molecule has 0 spiro atoms. The summed E-state index contributed by atoms with van der Waals surface area (Å²) in [5, 5.41) is 0.498. The summed E-state index contributed by atoms with van der Waals surface area (Å²) in [6.45, 7) is 3.43. The van der Waals surface area contributed by atoms with E-state index < -0.39 is 0 Å². The Morgan fingerprint density at radius 3 is 2.59 bits per heavy atom. The van der Waals surface area contributed by atoms with Crippen LogP contribution < -0.4 is 5.56 Å². The van der Waals surface area contributed by atoms with Crippen LogP contribution in [-0.2, 0) is 11.3 Å². The van der Waals surface area contributed by atoms with Crippen LogP contribution in [0.5, 0.6) is 0 Å². The maximum Gasteiger partial charge on any atom is 0.263 e. The van der Waals surface area contributed by atoms with Gasteiger partial charge in [0.05, 0.1) is 11.7 Å². The van der Waals surface area contributed by atoms with Gasteiger partial charge in [-0.05, 0) is 43.9 Å². The fourth-order valence-corrected chi connectivity index (χ4v) is 4.61. The first-order chi connectivity index (χ1) is 13.0. The number of halogens is 1. The average Bonchev–Trinajstić information content (AvgIpc) is 3.02. The molecule has 5 nitrogen and oxygen atoms in total. The van der Waals surface area contributed by atoms with Crippen molar-refractivity contribution in [3.63, 3.8) is 0 Å². The Morgan fingerprint density at radius 1 is 1.19 bits per heavy atom. The first-order valence-electron chi connectivity index (χ1n) is 9.07. The van der Waals surface area contributed by atoms with Crippen molar-refractivity contribution in [2.24, 2.45) is 0 Å². The number of aromatic nitrogens is 2. The van der Waals surface area contributed by atoms with Crippen LogP contribution in [0.25, 0.3) is 21.3 Å². The summed E-state index contributed by atoms with van der Waals surface area (Å²) in [6, 6.07) is 6.10. The fourth-order valence-electron chi connectivity index (χ4n) is 3.60. The van der Waals surface area contributed by atoms with Crippen molar-refractivity contribution in [2.75, 3.05) is 13.1 Å². The Kier molecular flexibility index (Phi) is 4.78. The molecule has 0 atom stereocenters. The standard InChI is InChI=1S/C20H20FN3O2S/c1-13-17(14-5-7-15(21)8-6-14)18-19(27-13)22-12-24(20(18)26)11-16(25)23-9-3-2-4-10-23/h5-8,12H,2-4,9-11H2,1H3. The van der Waals surface area contributed by atoms with Crippen LogP contribution in [-0.4, -0.2) is 33.4 Å². The zero-order valence-electron chi connectivity index (χ0n) is 15.1. The largest absolute Gasteiger partial charge is 0.341 e. The summed E-state index contributed by atoms with van der Waals surface area (Å²) >= 11 is 1.43. The molecular formula is C20H20FN3O2S. The van der Waals surface area contributed by atoms with E-state index in [-0.39, 0.29) is 23.8 Å². The Morgan fingerprint density at radius 2 is 1.89 bits per heavy atom. The quantitative estimate of drug-likeness (QED) is 0.692. The number of amides is 1. The van der Waals surface area contributed by atoms with Gasteiger partial charge in [0, 0.05) is 23.5 Å². The zero-order chi connectivity index (χ0) is 19.0. The molecule has 0 bridgehead atoms. The number of carbonyl (C=O) groups excluding carboxylic acids is 1. The zero-order valence-corrected chi connectivity index (χ0v) is 15.9. The van der Waals surface area contributed by atoms with Gasteiger partial charge in [0.1, 0.15) is 17.2 Å². The third-order valence-electron chi connectivity index (χ3n) is 5.00. The molecular weight excluding hydrogens is 365 g/mol. The first kappa shape index (κ1) is 17.9. The van der Waals surface area contributed by atoms with Crippen LogP contribution >= 0.6 is 11.3 Å². The smallest absolute Gasteiger partial charge is 0.263 e. The van der Waals surface area contributed by atoms with Crippen molar-refractivity contribution < 1.29 is 9.18 Å². The molecule has 27 heavy (non-hydrogen) atoms. The lowest BCUT2D eigenvalue weighted by molar-refractivity contribution is -0.132. The minimum atomic E-state index is -0.321. The van der Waals surface area contributed by atoms with Crippen molar-refractivity contribution in [1.29, 1.82) is 0 Å². The highest BCUT2D eigenvalue weighted by Crippen LogP contribution is 2.35. The molecule has 140 valence electrons. The normalized spacial score (nSPS) is 14.7. The molecule has 1 amide bonds. The van der Waals surface area contributed by atoms with Crippen LogP contribution in [0, 0.1) is 12.7 Å². The summed E-state index contributed by atoms with van der Waals surface area (Å²) in [4.78, 5) is 33.5. The maximum absolute atomic E-state index is 13.3. The fraction of sp³-hybridized carbons (Fsp3) is 0.350. The predicted molar refractivity (Wildman–Crippen MR) is 104 cm³/mol. The Balaban J connectivity index is 1.75. The third-order valence-corrected chi connectivity index (χ3v) is 6.02. The van der Waals surface area contributed by atoms with Crippen molar-refractivity contribution in [3.05, 3.63) is 51.6 Å². The lowest BCUT2D eigenvalue weighted by Crippen LogP contribution is -2.39. The topological polar surface area (TPSA) is 55.2 Å². The highest BCUT2D eigenvalue weighted by atomic mass is 32.1. The van der Waals surface area contributed by atoms with E-state index in [0.29, 0.717) is 10.2 Å². The lowest BCUT2D eigenvalue weighted by Gasteiger charge is -2.26. The van der Waals surface area contributed by atoms with E-state index in [2.05, 4.69) is 4.98 Å². The number of piperidine rings is 1. The second-order valence-electron chi connectivity index (χ2n) is 6.84. The molecule has 0 aliphatic carbocycles. The van der Waals surface area contributed by atoms with Crippen LogP contribution in [0.2, 0.25) is 0 Å². The van der Waals surface area contributed by atoms with E-state index in [9.17, 15) is 14.0 Å². The second kappa shape index (κ2) is 7.23. The van der Waals surface area contributed by atoms with Crippen LogP contribution in [0.1, 0.15) is 24.1 Å². The molecule has 4 rings (SSSR count). The van der Waals surface area contributed by atoms with Gasteiger partial charge in [-0.3, -0.25) is 14.2 Å². The molecule has 1 fully saturated rings. The molecule has 1 aromatic carbocycles. The highest BCUT2D eigenvalue weighted by molar-refractivity contribution is 7.19. The van der Waals surface area contributed by atoms with Crippen molar-refractivity contribution in [3.8, 4) is 11.1 Å². The summed E-state index contributed by atoms with van der Waals surface area (Å²) < 4.78 is 14.7. The van der Waals surface area contributed by atoms with E-state index in [1.807, 2.05) is 11.8 Å². The SMILES string of the molecule is Cc1sc2ncn(CC(=O)N3CCCCC3)c(=O)c2c1-c1ccc(F)cc1. The highest BCUT2D eigenvalue weighted by Gasteiger charge is 2.20. The molecule has 0 saturated carbocycles. The minimum Gasteiger partial charge on any atom is -0.341 e. The molecule has 0 N–H and O–H groups in total. The third kappa shape index (κ3) is 3.39. The maximum atomic E-state index is 13.3. The van der Waals surface area contributed by atoms with Gasteiger partial charge in [0.2, 0.25) is 5.91 Å². The van der Waals surface area contributed by atoms with Gasteiger partial charge in [0.15, 0.2) is 0 Å². The van der Waals surface area contributed by atoms with E-state index >= 15 is 0 Å². The van der Waals surface area contributed by atoms with E-state index in [4.69, 9.17) is 0 Å². The van der Waals surface area contributed by atoms with Crippen molar-refractivity contribution in [1.82, 2.24) is 14.5 Å². The minimum absolute atomic E-state index is 0.000471. The van der Waals surface area contributed by atoms with E-state index in [0.717, 1.165) is 48.4 Å². The van der Waals surface area contributed by atoms with Gasteiger partial charge in [-0.25, -0.2) is 9.37 Å². The number of benzene rings is 1. The number of rotatable bonds is 3. The number of hydrogen-bond donors (Lipinski definition) is 0. The number of aryl methyl sites for hydroxylation is 1. The van der Waals surface area contributed by atoms with Crippen LogP contribution in [0.3, 0.4) is 0 Å². The van der Waals surface area contributed by atoms with Gasteiger partial charge in [-0.15, -0.1) is 11.3 Å². The number of fused-ring (bicyclic) bond motifs is 1. The van der Waals surface area contributed by atoms with Gasteiger partial charge >= 0.3 is 0 Å². The number of thiophene rings is 1. The van der Waals surface area contributed by atoms with Crippen molar-refractivity contribution in [2.45, 2.75) is 32.7 Å². The first-order valence-corrected chi connectivity index (χ1v) is 9.88. The Bertz CT molecular complexity index is 1050. The molecule has 7 heteroatoms. The Labute approximate surface area is 160 Å². The summed E-state index contributed by atoms with van der Waals surface area (Å²) in [5.41, 5.74) is 1.32. The molecule has 1 saturated heterocycles. The monoisotopic (exact) mass is 385 g/mol. The van der Waals surface area contributed by atoms with Gasteiger partial charge < -0.3 is 4.90 Å². The van der Waals surface area contributed by atoms with Crippen molar-refractivity contribution >= 4 is 27.5 Å². The number of carbonyl (C=O) groups is 1. The summed E-state index contributed by atoms with van der Waals surface area (Å²) in [5.74, 6) is -0.369. The number of nitrogens with zero attached hydrogens (tertiary/aromatic N) is 3. The lowest BCUT2D eigenvalue weighted by atomic mass is 10.0. The van der Waals surface area contributed by atoms with Crippen LogP contribution in [0.15, 0.2) is 35.4 Å². The number of likely N-dealkylation sites (tertiary alicyclic amines) is 1. The predicted octanol–water partition coefficient (Wildman–Crippen LogP) is 3.59. The van der Waals surface area contributed by atoms with Gasteiger partial charge in [-0.1, -0.05) is 12.1 Å². The average molecular weight is 385 g/mol. The van der Waals surface area contributed by atoms with E-state index in [1.165, 1.54) is 34.4 Å². The summed E-state index contributed by atoms with van der Waals surface area (Å²) in [7, 11) is 0. The van der Waals surface area contributed by atoms with Gasteiger partial charge in [0.25, 0.3) is 5.56 Å². The number of hydrogen-bond acceptors (Lipinski definition) is 4. The molecule has 1 aliphatic heterocycles. The molecule has 3 aromatic rings. The Hall–Kier alpha value is -2.54. The summed E-state index contributed by atoms with van der Waals surface area (Å²) in [6.07, 6.45) is 4.62. The van der Waals surface area contributed by atoms with Gasteiger partial charge in [-0.2, -0.15) is 0 Å². The molecule has 0 radical (unpaired) electrons. The molecule has 0 unspecified atom stereocenters. The molecule has 3 heterocycles. The molecule has 1 aliphatic rings. The van der Waals surface area contributed by atoms with E-state index in [1.54, 1.807) is 12.1 Å². The van der Waals surface area contributed by atoms with Crippen LogP contribution in [0.4, 0.5) is 4.39 Å². The second-order valence-corrected chi connectivity index (χ2v) is 8.04. The molecule has 2 aromatic heterocycles.